The van der Waals surface area contributed by atoms with Gasteiger partial charge in [0.05, 0.1) is 12.3 Å². The van der Waals surface area contributed by atoms with E-state index in [-0.39, 0.29) is 0 Å². The molecule has 0 unspecified atom stereocenters. The second-order valence-electron chi connectivity index (χ2n) is 6.52. The Bertz CT molecular complexity index is 958. The van der Waals surface area contributed by atoms with Gasteiger partial charge in [0.2, 0.25) is 5.88 Å². The number of carbonyl (C=O) groups is 1. The Kier molecular flexibility index (Phi) is 6.74. The minimum Gasteiger partial charge on any atom is -0.480 e. The lowest BCUT2D eigenvalue weighted by Gasteiger charge is -2.15. The summed E-state index contributed by atoms with van der Waals surface area (Å²) in [4.78, 5) is 20.1. The molecule has 0 spiro atoms. The van der Waals surface area contributed by atoms with Gasteiger partial charge in [0.15, 0.2) is 4.34 Å². The normalized spacial score (nSPS) is 11.4. The molecule has 3 rings (SSSR count). The maximum absolute atomic E-state index is 11.2. The molecule has 0 saturated heterocycles. The molecule has 2 aromatic heterocycles. The molecule has 28 heavy (non-hydrogen) atoms. The summed E-state index contributed by atoms with van der Waals surface area (Å²) in [6, 6.07) is 11.9. The van der Waals surface area contributed by atoms with Crippen LogP contribution in [-0.4, -0.2) is 32.4 Å². The largest absolute Gasteiger partial charge is 0.480 e. The quantitative estimate of drug-likeness (QED) is 0.428. The van der Waals surface area contributed by atoms with Crippen molar-refractivity contribution in [3.63, 3.8) is 0 Å². The fourth-order valence-corrected chi connectivity index (χ4v) is 4.90. The highest BCUT2D eigenvalue weighted by Crippen LogP contribution is 2.34. The van der Waals surface area contributed by atoms with Crippen molar-refractivity contribution in [3.05, 3.63) is 58.1 Å². The summed E-state index contributed by atoms with van der Waals surface area (Å²) in [6.45, 7) is 3.81. The van der Waals surface area contributed by atoms with E-state index in [0.29, 0.717) is 18.9 Å². The first-order valence-electron chi connectivity index (χ1n) is 8.55. The van der Waals surface area contributed by atoms with Gasteiger partial charge < -0.3 is 9.84 Å². The Hall–Kier alpha value is -1.90. The molecule has 1 N–H and O–H groups in total. The van der Waals surface area contributed by atoms with E-state index in [2.05, 4.69) is 25.9 Å². The van der Waals surface area contributed by atoms with Crippen LogP contribution in [0.4, 0.5) is 0 Å². The molecule has 1 aromatic carbocycles. The molecule has 0 bridgehead atoms. The van der Waals surface area contributed by atoms with Crippen LogP contribution >= 0.6 is 39.0 Å². The topological polar surface area (TPSA) is 72.3 Å². The van der Waals surface area contributed by atoms with Crippen LogP contribution in [0.2, 0.25) is 0 Å². The first-order valence-corrected chi connectivity index (χ1v) is 11.0. The molecule has 5 nitrogen and oxygen atoms in total. The van der Waals surface area contributed by atoms with Gasteiger partial charge in [0.25, 0.3) is 0 Å². The maximum atomic E-state index is 11.2. The number of hydrogen-bond donors (Lipinski definition) is 1. The minimum absolute atomic E-state index is 0.458. The van der Waals surface area contributed by atoms with Crippen LogP contribution in [0, 0.1) is 0 Å². The fraction of sp³-hybridized carbons (Fsp3) is 0.250. The molecule has 0 saturated carbocycles. The molecule has 0 aliphatic heterocycles. The van der Waals surface area contributed by atoms with E-state index in [1.165, 1.54) is 23.1 Å². The summed E-state index contributed by atoms with van der Waals surface area (Å²) in [6.07, 6.45) is 2.43. The van der Waals surface area contributed by atoms with E-state index in [1.54, 1.807) is 20.0 Å². The first-order chi connectivity index (χ1) is 13.3. The molecule has 0 radical (unpaired) electrons. The van der Waals surface area contributed by atoms with Crippen LogP contribution in [0.15, 0.2) is 56.8 Å². The van der Waals surface area contributed by atoms with Crippen molar-refractivity contribution in [1.82, 2.24) is 9.97 Å². The standard InChI is InChI=1S/C20H19BrN2O3S2/c1-20(2,18(24)25)28-19-23-16(12-27-19)8-9-26-17-7-6-14(11-22-17)13-4-3-5-15(21)10-13/h3-7,10-12H,8-9H2,1-2H3,(H,24,25). The molecule has 0 amide bonds. The highest BCUT2D eigenvalue weighted by molar-refractivity contribution is 9.10. The second kappa shape index (κ2) is 9.07. The van der Waals surface area contributed by atoms with Crippen molar-refractivity contribution in [2.24, 2.45) is 0 Å². The third kappa shape index (κ3) is 5.56. The van der Waals surface area contributed by atoms with Gasteiger partial charge >= 0.3 is 5.97 Å². The monoisotopic (exact) mass is 478 g/mol. The predicted molar refractivity (Wildman–Crippen MR) is 116 cm³/mol. The molecule has 2 heterocycles. The lowest BCUT2D eigenvalue weighted by atomic mass is 10.1. The second-order valence-corrected chi connectivity index (χ2v) is 10.2. The number of aromatic nitrogens is 2. The van der Waals surface area contributed by atoms with Crippen molar-refractivity contribution in [1.29, 1.82) is 0 Å². The number of carboxylic acids is 1. The number of hydrogen-bond acceptors (Lipinski definition) is 6. The summed E-state index contributed by atoms with van der Waals surface area (Å²) in [7, 11) is 0. The zero-order valence-electron chi connectivity index (χ0n) is 15.4. The van der Waals surface area contributed by atoms with E-state index in [4.69, 9.17) is 4.74 Å². The molecule has 3 aromatic rings. The van der Waals surface area contributed by atoms with Crippen molar-refractivity contribution in [3.8, 4) is 17.0 Å². The highest BCUT2D eigenvalue weighted by Gasteiger charge is 2.29. The Labute approximate surface area is 180 Å². The van der Waals surface area contributed by atoms with Crippen molar-refractivity contribution in [2.45, 2.75) is 29.4 Å². The Morgan fingerprint density at radius 2 is 2.11 bits per heavy atom. The van der Waals surface area contributed by atoms with Crippen LogP contribution in [0.5, 0.6) is 5.88 Å². The third-order valence-electron chi connectivity index (χ3n) is 3.89. The third-order valence-corrected chi connectivity index (χ3v) is 6.56. The van der Waals surface area contributed by atoms with Gasteiger partial charge in [-0.15, -0.1) is 11.3 Å². The number of thiazole rings is 1. The lowest BCUT2D eigenvalue weighted by Crippen LogP contribution is -2.26. The Morgan fingerprint density at radius 3 is 2.79 bits per heavy atom. The number of carboxylic acid groups (broad SMARTS) is 1. The number of pyridine rings is 1. The average Bonchev–Trinajstić information content (AvgIpc) is 3.09. The molecule has 0 atom stereocenters. The van der Waals surface area contributed by atoms with E-state index in [1.807, 2.05) is 41.8 Å². The van der Waals surface area contributed by atoms with E-state index >= 15 is 0 Å². The Morgan fingerprint density at radius 1 is 1.29 bits per heavy atom. The van der Waals surface area contributed by atoms with E-state index < -0.39 is 10.7 Å². The molecular weight excluding hydrogens is 460 g/mol. The molecule has 0 aliphatic rings. The fourth-order valence-electron chi connectivity index (χ4n) is 2.28. The smallest absolute Gasteiger partial charge is 0.319 e. The predicted octanol–water partition coefficient (Wildman–Crippen LogP) is 5.54. The van der Waals surface area contributed by atoms with Crippen LogP contribution < -0.4 is 4.74 Å². The van der Waals surface area contributed by atoms with Gasteiger partial charge in [-0.1, -0.05) is 39.8 Å². The summed E-state index contributed by atoms with van der Waals surface area (Å²) in [5.41, 5.74) is 3.00. The molecule has 146 valence electrons. The number of benzene rings is 1. The molecular formula is C20H19BrN2O3S2. The van der Waals surface area contributed by atoms with Crippen molar-refractivity contribution < 1.29 is 14.6 Å². The van der Waals surface area contributed by atoms with Gasteiger partial charge in [0.1, 0.15) is 4.75 Å². The number of aliphatic carboxylic acids is 1. The number of rotatable bonds is 8. The zero-order valence-corrected chi connectivity index (χ0v) is 18.6. The van der Waals surface area contributed by atoms with Gasteiger partial charge in [-0.2, -0.15) is 0 Å². The first kappa shape index (κ1) is 20.8. The average molecular weight is 479 g/mol. The lowest BCUT2D eigenvalue weighted by molar-refractivity contribution is -0.138. The van der Waals surface area contributed by atoms with Crippen molar-refractivity contribution in [2.75, 3.05) is 6.61 Å². The van der Waals surface area contributed by atoms with Gasteiger partial charge in [0, 0.05) is 34.1 Å². The van der Waals surface area contributed by atoms with Gasteiger partial charge in [-0.05, 0) is 37.6 Å². The Balaban J connectivity index is 1.52. The maximum Gasteiger partial charge on any atom is 0.319 e. The number of halogens is 1. The van der Waals surface area contributed by atoms with Gasteiger partial charge in [-0.3, -0.25) is 4.79 Å². The number of thioether (sulfide) groups is 1. The summed E-state index contributed by atoms with van der Waals surface area (Å²) in [5.74, 6) is -0.287. The molecule has 0 aliphatic carbocycles. The zero-order chi connectivity index (χ0) is 20.1. The number of nitrogens with zero attached hydrogens (tertiary/aromatic N) is 2. The van der Waals surface area contributed by atoms with E-state index in [9.17, 15) is 9.90 Å². The van der Waals surface area contributed by atoms with Crippen molar-refractivity contribution >= 4 is 45.0 Å². The van der Waals surface area contributed by atoms with Crippen LogP contribution in [-0.2, 0) is 11.2 Å². The van der Waals surface area contributed by atoms with Crippen LogP contribution in [0.3, 0.4) is 0 Å². The summed E-state index contributed by atoms with van der Waals surface area (Å²) in [5, 5.41) is 11.1. The van der Waals surface area contributed by atoms with Gasteiger partial charge in [-0.25, -0.2) is 9.97 Å². The minimum atomic E-state index is -0.897. The van der Waals surface area contributed by atoms with Crippen LogP contribution in [0.25, 0.3) is 11.1 Å². The summed E-state index contributed by atoms with van der Waals surface area (Å²) < 4.78 is 6.59. The van der Waals surface area contributed by atoms with E-state index in [0.717, 1.165) is 25.6 Å². The van der Waals surface area contributed by atoms with Crippen LogP contribution in [0.1, 0.15) is 19.5 Å². The molecule has 0 fully saturated rings. The highest BCUT2D eigenvalue weighted by atomic mass is 79.9. The number of ether oxygens (including phenoxy) is 1. The summed E-state index contributed by atoms with van der Waals surface area (Å²) >= 11 is 6.18. The molecule has 8 heteroatoms. The SMILES string of the molecule is CC(C)(Sc1nc(CCOc2ccc(-c3cccc(Br)c3)cn2)cs1)C(=O)O.